The van der Waals surface area contributed by atoms with Crippen LogP contribution in [-0.2, 0) is 0 Å². The van der Waals surface area contributed by atoms with Crippen molar-refractivity contribution >= 4 is 47.2 Å². The van der Waals surface area contributed by atoms with E-state index in [-0.39, 0.29) is 34.5 Å². The molecule has 4 rings (SSSR count). The summed E-state index contributed by atoms with van der Waals surface area (Å²) in [5.74, 6) is -0.755. The summed E-state index contributed by atoms with van der Waals surface area (Å²) in [6.07, 6.45) is 3.41. The van der Waals surface area contributed by atoms with Gasteiger partial charge in [-0.3, -0.25) is 9.59 Å². The number of nitrogens with one attached hydrogen (secondary N) is 4. The molecule has 35 heavy (non-hydrogen) atoms. The Kier molecular flexibility index (Phi) is 9.08. The summed E-state index contributed by atoms with van der Waals surface area (Å²) >= 11 is 5.97. The highest BCUT2D eigenvalue weighted by atomic mass is 35.5. The lowest BCUT2D eigenvalue weighted by Gasteiger charge is -2.22. The van der Waals surface area contributed by atoms with E-state index >= 15 is 0 Å². The van der Waals surface area contributed by atoms with Gasteiger partial charge in [-0.05, 0) is 74.7 Å². The molecular formula is C24H26Cl2FN5O3. The minimum Gasteiger partial charge on any atom is -0.493 e. The van der Waals surface area contributed by atoms with Crippen LogP contribution in [0.2, 0.25) is 5.02 Å². The van der Waals surface area contributed by atoms with E-state index in [1.807, 2.05) is 13.0 Å². The van der Waals surface area contributed by atoms with Crippen molar-refractivity contribution in [1.29, 1.82) is 0 Å². The Hall–Kier alpha value is -3.14. The van der Waals surface area contributed by atoms with E-state index in [0.717, 1.165) is 37.2 Å². The number of ether oxygens (including phenoxy) is 1. The molecule has 11 heteroatoms. The fourth-order valence-electron chi connectivity index (χ4n) is 3.74. The van der Waals surface area contributed by atoms with Gasteiger partial charge in [0.1, 0.15) is 17.3 Å². The summed E-state index contributed by atoms with van der Waals surface area (Å²) in [5.41, 5.74) is 0.944. The molecule has 1 fully saturated rings. The van der Waals surface area contributed by atoms with Crippen molar-refractivity contribution in [2.24, 2.45) is 5.92 Å². The van der Waals surface area contributed by atoms with Crippen molar-refractivity contribution in [3.63, 3.8) is 0 Å². The van der Waals surface area contributed by atoms with Crippen molar-refractivity contribution in [2.45, 2.75) is 19.8 Å². The smallest absolute Gasteiger partial charge is 0.276 e. The number of H-pyrrole nitrogens is 1. The summed E-state index contributed by atoms with van der Waals surface area (Å²) < 4.78 is 20.0. The van der Waals surface area contributed by atoms with Crippen LogP contribution in [0.25, 0.3) is 0 Å². The van der Waals surface area contributed by atoms with Crippen LogP contribution in [0.3, 0.4) is 0 Å². The molecule has 0 unspecified atom stereocenters. The number of hydrogen-bond acceptors (Lipinski definition) is 5. The Morgan fingerprint density at radius 1 is 1.17 bits per heavy atom. The zero-order valence-electron chi connectivity index (χ0n) is 19.0. The normalized spacial score (nSPS) is 13.6. The van der Waals surface area contributed by atoms with Gasteiger partial charge >= 0.3 is 0 Å². The number of para-hydroxylation sites is 1. The highest BCUT2D eigenvalue weighted by Crippen LogP contribution is 2.26. The van der Waals surface area contributed by atoms with E-state index < -0.39 is 17.6 Å². The third-order valence-electron chi connectivity index (χ3n) is 5.67. The number of carbonyl (C=O) groups is 2. The second-order valence-corrected chi connectivity index (χ2v) is 8.52. The van der Waals surface area contributed by atoms with E-state index in [1.165, 1.54) is 24.5 Å². The number of aryl methyl sites for hydroxylation is 1. The van der Waals surface area contributed by atoms with Gasteiger partial charge in [-0.15, -0.1) is 12.4 Å². The fraction of sp³-hybridized carbons (Fsp3) is 0.292. The summed E-state index contributed by atoms with van der Waals surface area (Å²) in [6, 6.07) is 9.44. The number of aromatic nitrogens is 2. The highest BCUT2D eigenvalue weighted by Gasteiger charge is 2.23. The summed E-state index contributed by atoms with van der Waals surface area (Å²) in [6.45, 7) is 4.53. The maximum absolute atomic E-state index is 14.0. The van der Waals surface area contributed by atoms with Gasteiger partial charge in [0, 0.05) is 5.69 Å². The van der Waals surface area contributed by atoms with E-state index in [0.29, 0.717) is 18.2 Å². The summed E-state index contributed by atoms with van der Waals surface area (Å²) in [5, 5.41) is 8.52. The molecule has 0 spiro atoms. The molecule has 2 amide bonds. The Bertz CT molecular complexity index is 1180. The number of imidazole rings is 1. The molecule has 1 saturated heterocycles. The number of halogens is 3. The van der Waals surface area contributed by atoms with Crippen LogP contribution in [-0.4, -0.2) is 41.5 Å². The first-order chi connectivity index (χ1) is 16.4. The van der Waals surface area contributed by atoms with Gasteiger partial charge in [-0.25, -0.2) is 9.37 Å². The first kappa shape index (κ1) is 26.5. The number of benzene rings is 2. The van der Waals surface area contributed by atoms with Gasteiger partial charge in [0.05, 0.1) is 23.6 Å². The molecule has 3 aromatic rings. The van der Waals surface area contributed by atoms with Crippen molar-refractivity contribution < 1.29 is 18.7 Å². The zero-order valence-corrected chi connectivity index (χ0v) is 20.6. The molecule has 2 aromatic carbocycles. The van der Waals surface area contributed by atoms with E-state index in [2.05, 4.69) is 25.9 Å². The monoisotopic (exact) mass is 521 g/mol. The van der Waals surface area contributed by atoms with Gasteiger partial charge in [0.15, 0.2) is 5.69 Å². The Morgan fingerprint density at radius 3 is 2.66 bits per heavy atom. The van der Waals surface area contributed by atoms with Gasteiger partial charge in [-0.1, -0.05) is 17.7 Å². The fourth-order valence-corrected chi connectivity index (χ4v) is 3.95. The van der Waals surface area contributed by atoms with Crippen LogP contribution >= 0.6 is 24.0 Å². The van der Waals surface area contributed by atoms with E-state index in [9.17, 15) is 14.0 Å². The number of nitrogens with zero attached hydrogens (tertiary/aromatic N) is 1. The molecule has 0 bridgehead atoms. The number of carbonyl (C=O) groups excluding carboxylic acids is 2. The standard InChI is InChI=1S/C24H25ClFN5O3.ClH/c1-14-11-16(34-12-15-7-9-27-10-8-15)5-6-19(14)30-23(32)21-22(29-13-28-21)24(33)31-20-17(25)3-2-4-18(20)26;/h2-6,11,13,15,27H,7-10,12H2,1H3,(H,28,29)(H,30,32)(H,31,33);1H. The van der Waals surface area contributed by atoms with Crippen LogP contribution in [0.5, 0.6) is 5.75 Å². The first-order valence-electron chi connectivity index (χ1n) is 11.0. The van der Waals surface area contributed by atoms with Crippen molar-refractivity contribution in [3.05, 3.63) is 70.5 Å². The van der Waals surface area contributed by atoms with Gasteiger partial charge in [-0.2, -0.15) is 0 Å². The minimum absolute atomic E-state index is 0. The number of amides is 2. The quantitative estimate of drug-likeness (QED) is 0.356. The maximum Gasteiger partial charge on any atom is 0.276 e. The largest absolute Gasteiger partial charge is 0.493 e. The molecule has 1 aliphatic heterocycles. The molecule has 0 aliphatic carbocycles. The van der Waals surface area contributed by atoms with Crippen LogP contribution in [0, 0.1) is 18.7 Å². The zero-order chi connectivity index (χ0) is 24.1. The Balaban J connectivity index is 0.00000342. The second kappa shape index (κ2) is 12.0. The van der Waals surface area contributed by atoms with Crippen molar-refractivity contribution in [3.8, 4) is 5.75 Å². The Labute approximate surface area is 213 Å². The SMILES string of the molecule is Cc1cc(OCC2CCNCC2)ccc1NC(=O)c1nc[nH]c1C(=O)Nc1c(F)cccc1Cl.Cl. The number of piperidine rings is 1. The van der Waals surface area contributed by atoms with E-state index in [4.69, 9.17) is 16.3 Å². The molecule has 0 saturated carbocycles. The minimum atomic E-state index is -0.743. The third kappa shape index (κ3) is 6.50. The second-order valence-electron chi connectivity index (χ2n) is 8.11. The van der Waals surface area contributed by atoms with Crippen LogP contribution in [0.1, 0.15) is 39.4 Å². The average Bonchev–Trinajstić information content (AvgIpc) is 3.33. The topological polar surface area (TPSA) is 108 Å². The first-order valence-corrected chi connectivity index (χ1v) is 11.3. The maximum atomic E-state index is 14.0. The molecule has 1 aromatic heterocycles. The third-order valence-corrected chi connectivity index (χ3v) is 5.99. The lowest BCUT2D eigenvalue weighted by Crippen LogP contribution is -2.30. The number of aromatic amines is 1. The summed E-state index contributed by atoms with van der Waals surface area (Å²) in [4.78, 5) is 32.1. The molecule has 8 nitrogen and oxygen atoms in total. The number of anilines is 2. The van der Waals surface area contributed by atoms with E-state index in [1.54, 1.807) is 12.1 Å². The lowest BCUT2D eigenvalue weighted by molar-refractivity contribution is 0.0985. The van der Waals surface area contributed by atoms with Crippen LogP contribution in [0.15, 0.2) is 42.7 Å². The average molecular weight is 522 g/mol. The van der Waals surface area contributed by atoms with Gasteiger partial charge < -0.3 is 25.7 Å². The number of hydrogen-bond donors (Lipinski definition) is 4. The lowest BCUT2D eigenvalue weighted by atomic mass is 9.99. The van der Waals surface area contributed by atoms with Crippen molar-refractivity contribution in [2.75, 3.05) is 30.3 Å². The molecule has 2 heterocycles. The van der Waals surface area contributed by atoms with Crippen molar-refractivity contribution in [1.82, 2.24) is 15.3 Å². The van der Waals surface area contributed by atoms with Gasteiger partial charge in [0.25, 0.3) is 11.8 Å². The molecule has 186 valence electrons. The molecular weight excluding hydrogens is 496 g/mol. The summed E-state index contributed by atoms with van der Waals surface area (Å²) in [7, 11) is 0. The molecule has 1 aliphatic rings. The molecule has 0 atom stereocenters. The Morgan fingerprint density at radius 2 is 1.94 bits per heavy atom. The molecule has 0 radical (unpaired) electrons. The van der Waals surface area contributed by atoms with Crippen LogP contribution < -0.4 is 20.7 Å². The predicted octanol–water partition coefficient (Wildman–Crippen LogP) is 4.82. The predicted molar refractivity (Wildman–Crippen MR) is 135 cm³/mol. The highest BCUT2D eigenvalue weighted by molar-refractivity contribution is 6.34. The number of rotatable bonds is 7. The van der Waals surface area contributed by atoms with Gasteiger partial charge in [0.2, 0.25) is 0 Å². The molecule has 4 N–H and O–H groups in total. The van der Waals surface area contributed by atoms with Crippen LogP contribution in [0.4, 0.5) is 15.8 Å².